The normalized spacial score (nSPS) is 13.8. The molecule has 0 saturated heterocycles. The van der Waals surface area contributed by atoms with Gasteiger partial charge in [0.1, 0.15) is 6.04 Å². The molecule has 0 spiro atoms. The number of carboxylic acids is 1. The van der Waals surface area contributed by atoms with Crippen LogP contribution in [-0.4, -0.2) is 28.0 Å². The number of nitrogens with zero attached hydrogens (tertiary/aromatic N) is 1. The fraction of sp³-hybridized carbons (Fsp3) is 0.353. The van der Waals surface area contributed by atoms with Crippen LogP contribution in [0.25, 0.3) is 0 Å². The highest BCUT2D eigenvalue weighted by Gasteiger charge is 2.31. The van der Waals surface area contributed by atoms with E-state index in [1.807, 2.05) is 0 Å². The molecule has 0 aliphatic heterocycles. The number of thiazole rings is 1. The van der Waals surface area contributed by atoms with Gasteiger partial charge in [0.15, 0.2) is 0 Å². The van der Waals surface area contributed by atoms with Gasteiger partial charge < -0.3 is 10.4 Å². The maximum absolute atomic E-state index is 12.8. The predicted octanol–water partition coefficient (Wildman–Crippen LogP) is 3.47. The number of amides is 1. The van der Waals surface area contributed by atoms with Crippen LogP contribution in [-0.2, 0) is 22.2 Å². The van der Waals surface area contributed by atoms with Gasteiger partial charge in [0.05, 0.1) is 11.1 Å². The number of benzene rings is 1. The molecule has 2 aromatic rings. The van der Waals surface area contributed by atoms with Crippen LogP contribution in [0.5, 0.6) is 0 Å². The van der Waals surface area contributed by atoms with E-state index < -0.39 is 35.6 Å². The SMILES string of the molecule is CC(CC(=O)NC(Cc1cncs1)C(=O)O)c1cccc(C(F)(F)F)c1. The third kappa shape index (κ3) is 5.55. The molecule has 1 amide bonds. The molecule has 0 aliphatic rings. The lowest BCUT2D eigenvalue weighted by molar-refractivity contribution is -0.141. The maximum Gasteiger partial charge on any atom is 0.416 e. The van der Waals surface area contributed by atoms with Crippen molar-refractivity contribution in [3.05, 3.63) is 52.0 Å². The Morgan fingerprint density at radius 1 is 1.35 bits per heavy atom. The van der Waals surface area contributed by atoms with Crippen molar-refractivity contribution in [3.63, 3.8) is 0 Å². The minimum Gasteiger partial charge on any atom is -0.480 e. The molecule has 2 rings (SSSR count). The van der Waals surface area contributed by atoms with Crippen LogP contribution in [0.3, 0.4) is 0 Å². The van der Waals surface area contributed by atoms with Crippen LogP contribution < -0.4 is 5.32 Å². The van der Waals surface area contributed by atoms with Gasteiger partial charge in [-0.1, -0.05) is 25.1 Å². The second-order valence-electron chi connectivity index (χ2n) is 5.86. The van der Waals surface area contributed by atoms with E-state index in [9.17, 15) is 27.9 Å². The molecule has 0 aliphatic carbocycles. The van der Waals surface area contributed by atoms with Crippen LogP contribution in [0.4, 0.5) is 13.2 Å². The highest BCUT2D eigenvalue weighted by Crippen LogP contribution is 2.31. The summed E-state index contributed by atoms with van der Waals surface area (Å²) in [4.78, 5) is 28.0. The number of hydrogen-bond donors (Lipinski definition) is 2. The Balaban J connectivity index is 2.00. The minimum absolute atomic E-state index is 0.101. The van der Waals surface area contributed by atoms with Crippen molar-refractivity contribution in [2.45, 2.75) is 37.9 Å². The molecule has 0 fully saturated rings. The van der Waals surface area contributed by atoms with Crippen molar-refractivity contribution in [2.24, 2.45) is 0 Å². The summed E-state index contributed by atoms with van der Waals surface area (Å²) in [6, 6.07) is 3.65. The lowest BCUT2D eigenvalue weighted by Gasteiger charge is -2.17. The fourth-order valence-corrected chi connectivity index (χ4v) is 3.06. The first kappa shape index (κ1) is 19.9. The van der Waals surface area contributed by atoms with E-state index in [4.69, 9.17) is 0 Å². The summed E-state index contributed by atoms with van der Waals surface area (Å²) < 4.78 is 38.4. The smallest absolute Gasteiger partial charge is 0.416 e. The second kappa shape index (κ2) is 8.31. The molecule has 0 radical (unpaired) electrons. The summed E-state index contributed by atoms with van der Waals surface area (Å²) in [6.07, 6.45) is -2.95. The van der Waals surface area contributed by atoms with Gasteiger partial charge in [-0.2, -0.15) is 13.2 Å². The van der Waals surface area contributed by atoms with Crippen molar-refractivity contribution in [1.82, 2.24) is 10.3 Å². The Labute approximate surface area is 151 Å². The molecule has 2 N–H and O–H groups in total. The van der Waals surface area contributed by atoms with Gasteiger partial charge in [0.25, 0.3) is 0 Å². The average molecular weight is 386 g/mol. The number of alkyl halides is 3. The molecule has 9 heteroatoms. The summed E-state index contributed by atoms with van der Waals surface area (Å²) in [6.45, 7) is 1.62. The number of carbonyl (C=O) groups excluding carboxylic acids is 1. The van der Waals surface area contributed by atoms with E-state index >= 15 is 0 Å². The number of hydrogen-bond acceptors (Lipinski definition) is 4. The number of aliphatic carboxylic acids is 1. The molecule has 140 valence electrons. The van der Waals surface area contributed by atoms with Crippen molar-refractivity contribution in [1.29, 1.82) is 0 Å². The first-order valence-corrected chi connectivity index (χ1v) is 8.61. The van der Waals surface area contributed by atoms with Crippen molar-refractivity contribution in [2.75, 3.05) is 0 Å². The lowest BCUT2D eigenvalue weighted by atomic mass is 9.95. The number of aromatic nitrogens is 1. The highest BCUT2D eigenvalue weighted by atomic mass is 32.1. The summed E-state index contributed by atoms with van der Waals surface area (Å²) in [7, 11) is 0. The molecule has 26 heavy (non-hydrogen) atoms. The Hall–Kier alpha value is -2.42. The fourth-order valence-electron chi connectivity index (χ4n) is 2.41. The number of halogens is 3. The monoisotopic (exact) mass is 386 g/mol. The first-order chi connectivity index (χ1) is 12.2. The van der Waals surface area contributed by atoms with Gasteiger partial charge in [-0.15, -0.1) is 11.3 Å². The van der Waals surface area contributed by atoms with Crippen LogP contribution in [0.2, 0.25) is 0 Å². The zero-order chi connectivity index (χ0) is 19.3. The molecule has 0 bridgehead atoms. The maximum atomic E-state index is 12.8. The third-order valence-corrected chi connectivity index (χ3v) is 4.60. The third-order valence-electron chi connectivity index (χ3n) is 3.80. The van der Waals surface area contributed by atoms with Gasteiger partial charge in [0.2, 0.25) is 5.91 Å². The van der Waals surface area contributed by atoms with E-state index in [1.54, 1.807) is 12.4 Å². The Bertz CT molecular complexity index is 763. The number of carboxylic acid groups (broad SMARTS) is 1. The van der Waals surface area contributed by atoms with E-state index in [0.717, 1.165) is 12.1 Å². The molecular weight excluding hydrogens is 369 g/mol. The Morgan fingerprint density at radius 3 is 2.65 bits per heavy atom. The van der Waals surface area contributed by atoms with Crippen LogP contribution in [0, 0.1) is 0 Å². The van der Waals surface area contributed by atoms with E-state index in [1.165, 1.54) is 29.7 Å². The quantitative estimate of drug-likeness (QED) is 0.764. The standard InChI is InChI=1S/C17H17F3N2O3S/c1-10(11-3-2-4-12(6-11)17(18,19)20)5-15(23)22-14(16(24)25)7-13-8-21-9-26-13/h2-4,6,8-10,14H,5,7H2,1H3,(H,22,23)(H,24,25). The summed E-state index contributed by atoms with van der Waals surface area (Å²) >= 11 is 1.28. The van der Waals surface area contributed by atoms with E-state index in [0.29, 0.717) is 10.4 Å². The number of nitrogens with one attached hydrogen (secondary N) is 1. The summed E-state index contributed by atoms with van der Waals surface area (Å²) in [5.41, 5.74) is 1.14. The summed E-state index contributed by atoms with van der Waals surface area (Å²) in [5.74, 6) is -2.21. The van der Waals surface area contributed by atoms with Gasteiger partial charge in [0, 0.05) is 23.9 Å². The first-order valence-electron chi connectivity index (χ1n) is 7.73. The molecule has 5 nitrogen and oxygen atoms in total. The summed E-state index contributed by atoms with van der Waals surface area (Å²) in [5, 5.41) is 11.7. The van der Waals surface area contributed by atoms with E-state index in [-0.39, 0.29) is 12.8 Å². The molecular formula is C17H17F3N2O3S. The van der Waals surface area contributed by atoms with Crippen LogP contribution in [0.15, 0.2) is 36.0 Å². The van der Waals surface area contributed by atoms with Gasteiger partial charge in [-0.05, 0) is 17.5 Å². The zero-order valence-electron chi connectivity index (χ0n) is 13.8. The zero-order valence-corrected chi connectivity index (χ0v) is 14.6. The molecule has 1 aromatic heterocycles. The number of carbonyl (C=O) groups is 2. The topological polar surface area (TPSA) is 79.3 Å². The van der Waals surface area contributed by atoms with Crippen LogP contribution in [0.1, 0.15) is 35.3 Å². The van der Waals surface area contributed by atoms with Crippen molar-refractivity contribution in [3.8, 4) is 0 Å². The Morgan fingerprint density at radius 2 is 2.08 bits per heavy atom. The average Bonchev–Trinajstić information content (AvgIpc) is 3.06. The largest absolute Gasteiger partial charge is 0.480 e. The lowest BCUT2D eigenvalue weighted by Crippen LogP contribution is -2.42. The second-order valence-corrected chi connectivity index (χ2v) is 6.83. The molecule has 0 saturated carbocycles. The van der Waals surface area contributed by atoms with Crippen LogP contribution >= 0.6 is 11.3 Å². The van der Waals surface area contributed by atoms with E-state index in [2.05, 4.69) is 10.3 Å². The van der Waals surface area contributed by atoms with Gasteiger partial charge in [-0.25, -0.2) is 4.79 Å². The van der Waals surface area contributed by atoms with Crippen molar-refractivity contribution >= 4 is 23.2 Å². The number of rotatable bonds is 7. The van der Waals surface area contributed by atoms with Gasteiger partial charge in [-0.3, -0.25) is 9.78 Å². The highest BCUT2D eigenvalue weighted by molar-refractivity contribution is 7.09. The Kier molecular flexibility index (Phi) is 6.36. The molecule has 2 unspecified atom stereocenters. The van der Waals surface area contributed by atoms with Crippen molar-refractivity contribution < 1.29 is 27.9 Å². The predicted molar refractivity (Wildman–Crippen MR) is 89.9 cm³/mol. The molecule has 1 heterocycles. The minimum atomic E-state index is -4.46. The molecule has 1 aromatic carbocycles. The molecule has 2 atom stereocenters. The van der Waals surface area contributed by atoms with Gasteiger partial charge >= 0.3 is 12.1 Å².